The second kappa shape index (κ2) is 7.00. The van der Waals surface area contributed by atoms with Gasteiger partial charge >= 0.3 is 5.97 Å². The van der Waals surface area contributed by atoms with Crippen LogP contribution < -0.4 is 9.64 Å². The van der Waals surface area contributed by atoms with Crippen LogP contribution in [0.3, 0.4) is 0 Å². The van der Waals surface area contributed by atoms with Gasteiger partial charge in [-0.15, -0.1) is 0 Å². The van der Waals surface area contributed by atoms with Crippen LogP contribution in [-0.4, -0.2) is 30.8 Å². The van der Waals surface area contributed by atoms with Gasteiger partial charge in [0.1, 0.15) is 11.8 Å². The van der Waals surface area contributed by atoms with E-state index >= 15 is 0 Å². The number of Topliss-reactive ketones (excluding diaryl/α,β-unsaturated/α-hetero) is 1. The van der Waals surface area contributed by atoms with Crippen LogP contribution in [0.15, 0.2) is 48.5 Å². The van der Waals surface area contributed by atoms with Gasteiger partial charge in [0.15, 0.2) is 5.78 Å². The van der Waals surface area contributed by atoms with Gasteiger partial charge in [-0.05, 0) is 32.0 Å². The molecule has 2 atom stereocenters. The van der Waals surface area contributed by atoms with Crippen LogP contribution in [0.1, 0.15) is 35.9 Å². The molecule has 0 saturated carbocycles. The Morgan fingerprint density at radius 3 is 2.46 bits per heavy atom. The van der Waals surface area contributed by atoms with Crippen LogP contribution in [-0.2, 0) is 14.3 Å². The van der Waals surface area contributed by atoms with Crippen molar-refractivity contribution in [2.24, 2.45) is 0 Å². The molecule has 2 aromatic carbocycles. The first-order valence-corrected chi connectivity index (χ1v) is 8.21. The van der Waals surface area contributed by atoms with Crippen molar-refractivity contribution in [1.29, 1.82) is 0 Å². The monoisotopic (exact) mass is 353 g/mol. The number of ketones is 1. The molecule has 1 aliphatic rings. The van der Waals surface area contributed by atoms with Crippen LogP contribution in [0.2, 0.25) is 0 Å². The molecule has 0 aromatic heterocycles. The number of hydrogen-bond acceptors (Lipinski definition) is 5. The number of ether oxygens (including phenoxy) is 2. The van der Waals surface area contributed by atoms with E-state index in [-0.39, 0.29) is 11.7 Å². The Hall–Kier alpha value is -3.15. The van der Waals surface area contributed by atoms with Gasteiger partial charge < -0.3 is 9.47 Å². The van der Waals surface area contributed by atoms with Crippen LogP contribution >= 0.6 is 0 Å². The predicted octanol–water partition coefficient (Wildman–Crippen LogP) is 2.92. The predicted molar refractivity (Wildman–Crippen MR) is 95.2 cm³/mol. The zero-order valence-electron chi connectivity index (χ0n) is 14.8. The highest BCUT2D eigenvalue weighted by Crippen LogP contribution is 2.40. The molecule has 6 heteroatoms. The number of carbonyl (C=O) groups excluding carboxylic acids is 3. The second-order valence-electron chi connectivity index (χ2n) is 6.05. The van der Waals surface area contributed by atoms with E-state index in [4.69, 9.17) is 9.47 Å². The smallest absolute Gasteiger partial charge is 0.328 e. The molecule has 0 N–H and O–H groups in total. The van der Waals surface area contributed by atoms with E-state index in [0.29, 0.717) is 22.6 Å². The first kappa shape index (κ1) is 17.7. The number of anilines is 1. The lowest BCUT2D eigenvalue weighted by molar-refractivity contribution is -0.144. The summed E-state index contributed by atoms with van der Waals surface area (Å²) in [6, 6.07) is 13.0. The maximum Gasteiger partial charge on any atom is 0.328 e. The average molecular weight is 353 g/mol. The van der Waals surface area contributed by atoms with Gasteiger partial charge in [0.05, 0.1) is 12.8 Å². The minimum absolute atomic E-state index is 0.142. The van der Waals surface area contributed by atoms with Gasteiger partial charge in [-0.1, -0.05) is 30.3 Å². The SMILES string of the molecule is COC(=O)C(C)N1C(=O)C(c2ccccc2)Oc2ccc(C(C)=O)cc21. The van der Waals surface area contributed by atoms with E-state index in [9.17, 15) is 14.4 Å². The molecule has 0 saturated heterocycles. The number of benzene rings is 2. The van der Waals surface area contributed by atoms with Crippen LogP contribution in [0, 0.1) is 0 Å². The fourth-order valence-electron chi connectivity index (χ4n) is 2.96. The summed E-state index contributed by atoms with van der Waals surface area (Å²) in [5.41, 5.74) is 1.49. The third-order valence-electron chi connectivity index (χ3n) is 4.36. The lowest BCUT2D eigenvalue weighted by atomic mass is 10.0. The highest BCUT2D eigenvalue weighted by Gasteiger charge is 2.40. The standard InChI is InChI=1S/C20H19NO5/c1-12(20(24)25-3)21-16-11-15(13(2)22)9-10-17(16)26-18(19(21)23)14-7-5-4-6-8-14/h4-12,18H,1-3H3. The molecule has 3 rings (SSSR count). The lowest BCUT2D eigenvalue weighted by Gasteiger charge is -2.37. The molecule has 0 aliphatic carbocycles. The number of rotatable bonds is 4. The van der Waals surface area contributed by atoms with E-state index in [2.05, 4.69) is 0 Å². The quantitative estimate of drug-likeness (QED) is 0.624. The second-order valence-corrected chi connectivity index (χ2v) is 6.05. The zero-order chi connectivity index (χ0) is 18.8. The summed E-state index contributed by atoms with van der Waals surface area (Å²) < 4.78 is 10.7. The number of hydrogen-bond donors (Lipinski definition) is 0. The van der Waals surface area contributed by atoms with E-state index in [1.54, 1.807) is 37.3 Å². The highest BCUT2D eigenvalue weighted by atomic mass is 16.5. The average Bonchev–Trinajstić information content (AvgIpc) is 2.66. The van der Waals surface area contributed by atoms with Crippen molar-refractivity contribution in [2.75, 3.05) is 12.0 Å². The molecular weight excluding hydrogens is 334 g/mol. The molecule has 1 heterocycles. The minimum atomic E-state index is -0.876. The molecule has 2 unspecified atom stereocenters. The molecule has 1 amide bonds. The number of methoxy groups -OCH3 is 1. The molecule has 0 bridgehead atoms. The first-order valence-electron chi connectivity index (χ1n) is 8.21. The molecule has 1 aliphatic heterocycles. The van der Waals surface area contributed by atoms with Gasteiger partial charge in [0.25, 0.3) is 5.91 Å². The molecule has 26 heavy (non-hydrogen) atoms. The van der Waals surface area contributed by atoms with Crippen LogP contribution in [0.25, 0.3) is 0 Å². The fourth-order valence-corrected chi connectivity index (χ4v) is 2.96. The van der Waals surface area contributed by atoms with Gasteiger partial charge in [0, 0.05) is 11.1 Å². The van der Waals surface area contributed by atoms with Gasteiger partial charge in [-0.2, -0.15) is 0 Å². The van der Waals surface area contributed by atoms with Crippen molar-refractivity contribution >= 4 is 23.3 Å². The molecule has 2 aromatic rings. The summed E-state index contributed by atoms with van der Waals surface area (Å²) in [6.07, 6.45) is -0.876. The Balaban J connectivity index is 2.12. The molecule has 134 valence electrons. The normalized spacial score (nSPS) is 17.1. The fraction of sp³-hybridized carbons (Fsp3) is 0.250. The molecule has 0 spiro atoms. The van der Waals surface area contributed by atoms with E-state index < -0.39 is 18.1 Å². The molecule has 0 fully saturated rings. The van der Waals surface area contributed by atoms with E-state index in [0.717, 1.165) is 0 Å². The maximum absolute atomic E-state index is 13.1. The van der Waals surface area contributed by atoms with Crippen molar-refractivity contribution < 1.29 is 23.9 Å². The van der Waals surface area contributed by atoms with Gasteiger partial charge in [0.2, 0.25) is 6.10 Å². The number of amides is 1. The highest BCUT2D eigenvalue weighted by molar-refractivity contribution is 6.06. The Kier molecular flexibility index (Phi) is 4.75. The van der Waals surface area contributed by atoms with Crippen LogP contribution in [0.4, 0.5) is 5.69 Å². The van der Waals surface area contributed by atoms with E-state index in [1.807, 2.05) is 18.2 Å². The zero-order valence-corrected chi connectivity index (χ0v) is 14.8. The Labute approximate surface area is 151 Å². The summed E-state index contributed by atoms with van der Waals surface area (Å²) in [5, 5.41) is 0. The molecular formula is C20H19NO5. The summed E-state index contributed by atoms with van der Waals surface area (Å²) in [4.78, 5) is 38.3. The van der Waals surface area contributed by atoms with Crippen molar-refractivity contribution in [3.05, 3.63) is 59.7 Å². The topological polar surface area (TPSA) is 72.9 Å². The summed E-state index contributed by atoms with van der Waals surface area (Å²) in [6.45, 7) is 3.02. The third kappa shape index (κ3) is 3.06. The maximum atomic E-state index is 13.1. The van der Waals surface area contributed by atoms with Gasteiger partial charge in [-0.3, -0.25) is 14.5 Å². The third-order valence-corrected chi connectivity index (χ3v) is 4.36. The summed E-state index contributed by atoms with van der Waals surface area (Å²) in [5.74, 6) is -0.649. The Morgan fingerprint density at radius 2 is 1.85 bits per heavy atom. The largest absolute Gasteiger partial charge is 0.474 e. The van der Waals surface area contributed by atoms with Crippen LogP contribution in [0.5, 0.6) is 5.75 Å². The van der Waals surface area contributed by atoms with Crippen molar-refractivity contribution in [1.82, 2.24) is 0 Å². The van der Waals surface area contributed by atoms with Crippen molar-refractivity contribution in [3.63, 3.8) is 0 Å². The Morgan fingerprint density at radius 1 is 1.15 bits per heavy atom. The number of esters is 1. The summed E-state index contributed by atoms with van der Waals surface area (Å²) >= 11 is 0. The number of fused-ring (bicyclic) bond motifs is 1. The first-order chi connectivity index (χ1) is 12.4. The minimum Gasteiger partial charge on any atom is -0.474 e. The summed E-state index contributed by atoms with van der Waals surface area (Å²) in [7, 11) is 1.27. The number of carbonyl (C=O) groups is 3. The number of nitrogens with zero attached hydrogens (tertiary/aromatic N) is 1. The lowest BCUT2D eigenvalue weighted by Crippen LogP contribution is -2.49. The van der Waals surface area contributed by atoms with Crippen molar-refractivity contribution in [2.45, 2.75) is 26.0 Å². The molecule has 6 nitrogen and oxygen atoms in total. The van der Waals surface area contributed by atoms with Crippen molar-refractivity contribution in [3.8, 4) is 5.75 Å². The molecule has 0 radical (unpaired) electrons. The van der Waals surface area contributed by atoms with E-state index in [1.165, 1.54) is 18.9 Å². The van der Waals surface area contributed by atoms with Gasteiger partial charge in [-0.25, -0.2) is 4.79 Å². The Bertz CT molecular complexity index is 862.